The van der Waals surface area contributed by atoms with Gasteiger partial charge in [0.05, 0.1) is 54.9 Å². The Morgan fingerprint density at radius 2 is 1.06 bits per heavy atom. The van der Waals surface area contributed by atoms with Crippen LogP contribution in [0.1, 0.15) is 69.9 Å². The van der Waals surface area contributed by atoms with E-state index in [1.165, 1.54) is 0 Å². The molecule has 0 bridgehead atoms. The topological polar surface area (TPSA) is 223 Å². The maximum atomic E-state index is 12.8. The van der Waals surface area contributed by atoms with Crippen LogP contribution in [0.4, 0.5) is 0 Å². The lowest BCUT2D eigenvalue weighted by Crippen LogP contribution is -2.46. The summed E-state index contributed by atoms with van der Waals surface area (Å²) in [7, 11) is 0. The van der Waals surface area contributed by atoms with E-state index in [1.807, 2.05) is 62.3 Å². The second kappa shape index (κ2) is 19.8. The maximum absolute atomic E-state index is 12.8. The number of nitrogens with one attached hydrogen (secondary N) is 2. The van der Waals surface area contributed by atoms with Gasteiger partial charge in [0.2, 0.25) is 11.8 Å². The third-order valence-electron chi connectivity index (χ3n) is 13.7. The molecule has 4 fully saturated rings. The lowest BCUT2D eigenvalue weighted by Gasteiger charge is -2.35. The molecule has 19 heteroatoms. The Labute approximate surface area is 370 Å². The molecule has 4 aliphatic heterocycles. The van der Waals surface area contributed by atoms with Crippen molar-refractivity contribution in [1.82, 2.24) is 69.1 Å². The van der Waals surface area contributed by atoms with Crippen molar-refractivity contribution in [1.29, 1.82) is 0 Å². The summed E-state index contributed by atoms with van der Waals surface area (Å²) in [4.78, 5) is 68.6. The van der Waals surface area contributed by atoms with Crippen molar-refractivity contribution < 1.29 is 24.6 Å². The van der Waals surface area contributed by atoms with Gasteiger partial charge in [-0.05, 0) is 102 Å². The lowest BCUT2D eigenvalue weighted by atomic mass is 9.94. The number of hydrogen-bond donors (Lipinski definition) is 4. The number of aliphatic carboxylic acids is 1. The number of hydrogen-bond acceptors (Lipinski definition) is 12. The average Bonchev–Trinajstić information content (AvgIpc) is 4.18. The summed E-state index contributed by atoms with van der Waals surface area (Å²) in [6.07, 6.45) is 22.5. The van der Waals surface area contributed by atoms with Crippen molar-refractivity contribution in [2.45, 2.75) is 69.9 Å². The highest BCUT2D eigenvalue weighted by Crippen LogP contribution is 2.30. The molecule has 64 heavy (non-hydrogen) atoms. The maximum Gasteiger partial charge on any atom is 0.306 e. The van der Waals surface area contributed by atoms with E-state index in [4.69, 9.17) is 10.2 Å². The number of aliphatic hydroxyl groups excluding tert-OH is 1. The van der Waals surface area contributed by atoms with E-state index in [0.29, 0.717) is 64.1 Å². The molecule has 0 unspecified atom stereocenters. The SMILES string of the molecule is O=C(CN1CCC(CCO)CC1)N1CCC(n2cc(-c3ncnc4[nH]ccc34)cn2)CC1.O=C(O)C1CCN(CC(=O)N2CCC(n3cc(-c4ncnc5[nH]ccc45)cn3)CC2)CC1. The Kier molecular flexibility index (Phi) is 13.4. The molecule has 338 valence electrons. The van der Waals surface area contributed by atoms with E-state index >= 15 is 0 Å². The van der Waals surface area contributed by atoms with E-state index in [1.54, 1.807) is 12.7 Å². The monoisotopic (exact) mass is 874 g/mol. The zero-order valence-corrected chi connectivity index (χ0v) is 36.2. The number of H-pyrrole nitrogens is 2. The number of amides is 2. The number of aromatic amines is 2. The highest BCUT2D eigenvalue weighted by Gasteiger charge is 2.30. The van der Waals surface area contributed by atoms with Gasteiger partial charge in [-0.1, -0.05) is 0 Å². The van der Waals surface area contributed by atoms with Gasteiger partial charge in [0.15, 0.2) is 0 Å². The standard InChI is InChI=1S/C23H31N7O2.C22H27N7O3/c31-12-6-17-2-8-28(9-3-17)15-21(32)29-10-4-19(5-11-29)30-14-18(13-27-30)22-20-1-7-24-23(20)26-16-25-22;30-19(13-27-7-2-15(3-8-27)22(31)32)28-9-4-17(5-10-28)29-12-16(11-26-29)20-18-1-6-23-21(18)25-14-24-20/h1,7,13-14,16-17,19,31H,2-6,8-12,15H2,(H,24,25,26);1,6,11-12,14-15,17H,2-5,7-10,13H2,(H,31,32)(H,23,24,25). The van der Waals surface area contributed by atoms with E-state index in [-0.39, 0.29) is 30.4 Å². The van der Waals surface area contributed by atoms with E-state index in [9.17, 15) is 14.4 Å². The van der Waals surface area contributed by atoms with Gasteiger partial charge in [0.1, 0.15) is 23.9 Å². The van der Waals surface area contributed by atoms with Crippen molar-refractivity contribution >= 4 is 39.9 Å². The molecule has 6 aromatic rings. The normalized spacial score (nSPS) is 19.0. The number of likely N-dealkylation sites (tertiary alicyclic amines) is 4. The second-order valence-corrected chi connectivity index (χ2v) is 17.7. The molecule has 4 aliphatic rings. The fourth-order valence-electron chi connectivity index (χ4n) is 9.82. The number of carboxylic acid groups (broad SMARTS) is 1. The first kappa shape index (κ1) is 43.2. The first-order valence-corrected chi connectivity index (χ1v) is 22.8. The van der Waals surface area contributed by atoms with Gasteiger partial charge in [-0.2, -0.15) is 10.2 Å². The van der Waals surface area contributed by atoms with Gasteiger partial charge in [-0.25, -0.2) is 19.9 Å². The van der Waals surface area contributed by atoms with Crippen LogP contribution in [0.5, 0.6) is 0 Å². The Morgan fingerprint density at radius 3 is 1.50 bits per heavy atom. The number of carbonyl (C=O) groups excluding carboxylic acids is 2. The smallest absolute Gasteiger partial charge is 0.306 e. The van der Waals surface area contributed by atoms with Gasteiger partial charge in [-0.15, -0.1) is 0 Å². The Balaban J connectivity index is 0.000000162. The van der Waals surface area contributed by atoms with E-state index in [2.05, 4.69) is 56.1 Å². The van der Waals surface area contributed by atoms with Crippen LogP contribution in [0.3, 0.4) is 0 Å². The lowest BCUT2D eigenvalue weighted by molar-refractivity contribution is -0.143. The van der Waals surface area contributed by atoms with Crippen molar-refractivity contribution in [3.63, 3.8) is 0 Å². The summed E-state index contributed by atoms with van der Waals surface area (Å²) in [5.74, 6) is -0.0178. The van der Waals surface area contributed by atoms with Gasteiger partial charge in [0.25, 0.3) is 0 Å². The van der Waals surface area contributed by atoms with Crippen molar-refractivity contribution in [3.05, 3.63) is 62.0 Å². The van der Waals surface area contributed by atoms with Crippen molar-refractivity contribution in [2.24, 2.45) is 11.8 Å². The zero-order chi connectivity index (χ0) is 44.0. The van der Waals surface area contributed by atoms with Gasteiger partial charge >= 0.3 is 5.97 Å². The third-order valence-corrected chi connectivity index (χ3v) is 13.7. The molecule has 4 saturated heterocycles. The van der Waals surface area contributed by atoms with Crippen LogP contribution in [0.25, 0.3) is 44.6 Å². The minimum absolute atomic E-state index is 0.134. The average molecular weight is 875 g/mol. The molecular formula is C45H58N14O5. The number of aromatic nitrogens is 10. The van der Waals surface area contributed by atoms with Crippen LogP contribution >= 0.6 is 0 Å². The summed E-state index contributed by atoms with van der Waals surface area (Å²) in [5, 5.41) is 29.4. The van der Waals surface area contributed by atoms with Crippen LogP contribution in [0.2, 0.25) is 0 Å². The molecule has 0 atom stereocenters. The van der Waals surface area contributed by atoms with Gasteiger partial charge < -0.3 is 30.0 Å². The molecule has 0 radical (unpaired) electrons. The molecule has 0 spiro atoms. The molecule has 0 aliphatic carbocycles. The molecule has 0 aromatic carbocycles. The van der Waals surface area contributed by atoms with Gasteiger partial charge in [-0.3, -0.25) is 33.5 Å². The summed E-state index contributed by atoms with van der Waals surface area (Å²) in [5.41, 5.74) is 5.33. The Hall–Kier alpha value is -6.05. The second-order valence-electron chi connectivity index (χ2n) is 17.7. The molecule has 2 amide bonds. The quantitative estimate of drug-likeness (QED) is 0.145. The number of piperidine rings is 4. The van der Waals surface area contributed by atoms with E-state index in [0.717, 1.165) is 116 Å². The number of rotatable bonds is 11. The third kappa shape index (κ3) is 9.85. The van der Waals surface area contributed by atoms with Gasteiger partial charge in [0, 0.05) is 79.5 Å². The van der Waals surface area contributed by atoms with Crippen LogP contribution < -0.4 is 0 Å². The minimum atomic E-state index is -0.725. The number of aliphatic hydroxyl groups is 1. The molecular weight excluding hydrogens is 817 g/mol. The number of carbonyl (C=O) groups is 3. The zero-order valence-electron chi connectivity index (χ0n) is 36.2. The Morgan fingerprint density at radius 1 is 0.609 bits per heavy atom. The fraction of sp³-hybridized carbons (Fsp3) is 0.533. The first-order valence-electron chi connectivity index (χ1n) is 22.8. The van der Waals surface area contributed by atoms with Crippen LogP contribution in [0, 0.1) is 11.8 Å². The summed E-state index contributed by atoms with van der Waals surface area (Å²) in [6.45, 7) is 7.39. The molecule has 0 saturated carbocycles. The van der Waals surface area contributed by atoms with Crippen LogP contribution in [-0.4, -0.2) is 169 Å². The van der Waals surface area contributed by atoms with Crippen molar-refractivity contribution in [3.8, 4) is 22.5 Å². The van der Waals surface area contributed by atoms with E-state index < -0.39 is 5.97 Å². The van der Waals surface area contributed by atoms with Crippen molar-refractivity contribution in [2.75, 3.05) is 72.1 Å². The predicted octanol–water partition coefficient (Wildman–Crippen LogP) is 3.86. The largest absolute Gasteiger partial charge is 0.481 e. The fourth-order valence-corrected chi connectivity index (χ4v) is 9.82. The number of carboxylic acids is 1. The number of fused-ring (bicyclic) bond motifs is 2. The molecule has 4 N–H and O–H groups in total. The van der Waals surface area contributed by atoms with Crippen LogP contribution in [-0.2, 0) is 14.4 Å². The highest BCUT2D eigenvalue weighted by molar-refractivity contribution is 5.91. The Bertz CT molecular complexity index is 2500. The predicted molar refractivity (Wildman–Crippen MR) is 238 cm³/mol. The molecule has 10 heterocycles. The minimum Gasteiger partial charge on any atom is -0.481 e. The first-order chi connectivity index (χ1) is 31.3. The molecule has 6 aromatic heterocycles. The molecule has 10 rings (SSSR count). The summed E-state index contributed by atoms with van der Waals surface area (Å²) >= 11 is 0. The highest BCUT2D eigenvalue weighted by atomic mass is 16.4. The number of nitrogens with zero attached hydrogens (tertiary/aromatic N) is 12. The molecule has 19 nitrogen and oxygen atoms in total. The summed E-state index contributed by atoms with van der Waals surface area (Å²) < 4.78 is 4.03. The summed E-state index contributed by atoms with van der Waals surface area (Å²) in [6, 6.07) is 4.51. The van der Waals surface area contributed by atoms with Crippen LogP contribution in [0.15, 0.2) is 62.0 Å².